The van der Waals surface area contributed by atoms with Gasteiger partial charge in [-0.3, -0.25) is 0 Å². The standard InChI is InChI=1S/C88H63N5S3/c1-51-7-19-57(20-8-51)81-65-35-36-66(89-65)82(58-21-9-52(2)10-22-58)68-38-40-70(91-68)87(79-49-47-75(95-79)83(69-39-37-67(81)90-69)59-23-11-53(3)12-24-59)63-31-33-64(34-32-63)88-74-44-43-73(93-74)86(62-29-17-56(6)18-30-62)77-46-45-76(94-77)84(60-25-13-54(4)14-26-60)71-41-42-72(92-71)85(78-48-50-80(88)96-78)61-27-15-55(5)16-28-61/h7-50,89H,1-6H3. The maximum Gasteiger partial charge on any atom is 0.0737 e. The molecule has 96 heavy (non-hydrogen) atoms. The number of hydrogen-bond donors (Lipinski definition) is 1. The van der Waals surface area contributed by atoms with Crippen molar-refractivity contribution >= 4 is 122 Å². The van der Waals surface area contributed by atoms with Gasteiger partial charge in [0.2, 0.25) is 0 Å². The van der Waals surface area contributed by atoms with Gasteiger partial charge in [0.25, 0.3) is 0 Å². The van der Waals surface area contributed by atoms with Gasteiger partial charge in [-0.25, -0.2) is 19.9 Å². The van der Waals surface area contributed by atoms with Crippen LogP contribution < -0.4 is 0 Å². The van der Waals surface area contributed by atoms with E-state index in [-0.39, 0.29) is 0 Å². The molecule has 0 atom stereocenters. The van der Waals surface area contributed by atoms with E-state index in [0.29, 0.717) is 0 Å². The van der Waals surface area contributed by atoms with E-state index in [1.54, 1.807) is 34.0 Å². The summed E-state index contributed by atoms with van der Waals surface area (Å²) in [7, 11) is 0. The number of hydrogen-bond acceptors (Lipinski definition) is 7. The van der Waals surface area contributed by atoms with Crippen LogP contribution in [0, 0.1) is 41.5 Å². The molecule has 5 nitrogen and oxygen atoms in total. The second kappa shape index (κ2) is 24.1. The molecule has 458 valence electrons. The second-order valence-corrected chi connectivity index (χ2v) is 28.7. The highest BCUT2D eigenvalue weighted by Crippen LogP contribution is 2.46. The molecule has 4 aliphatic heterocycles. The van der Waals surface area contributed by atoms with Gasteiger partial charge < -0.3 is 4.98 Å². The minimum Gasteiger partial charge on any atom is -0.354 e. The summed E-state index contributed by atoms with van der Waals surface area (Å²) in [4.78, 5) is 26.6. The third-order valence-electron chi connectivity index (χ3n) is 18.6. The molecule has 0 amide bonds. The van der Waals surface area contributed by atoms with E-state index < -0.39 is 0 Å². The molecule has 8 heteroatoms. The first kappa shape index (κ1) is 58.8. The molecule has 0 fully saturated rings. The van der Waals surface area contributed by atoms with Crippen molar-refractivity contribution in [1.82, 2.24) is 24.9 Å². The lowest BCUT2D eigenvalue weighted by Crippen LogP contribution is -1.89. The Labute approximate surface area is 570 Å². The van der Waals surface area contributed by atoms with Crippen molar-refractivity contribution in [2.75, 3.05) is 0 Å². The van der Waals surface area contributed by atoms with Gasteiger partial charge in [0.1, 0.15) is 0 Å². The lowest BCUT2D eigenvalue weighted by molar-refractivity contribution is 1.32. The highest BCUT2D eigenvalue weighted by atomic mass is 32.1. The Morgan fingerprint density at radius 2 is 0.344 bits per heavy atom. The maximum atomic E-state index is 5.74. The molecule has 7 aromatic carbocycles. The van der Waals surface area contributed by atoms with Crippen molar-refractivity contribution < 1.29 is 0 Å². The number of thiophene rings is 3. The first-order valence-electron chi connectivity index (χ1n) is 32.5. The molecule has 0 radical (unpaired) electrons. The molecule has 17 rings (SSSR count). The molecule has 16 bridgehead atoms. The molecule has 1 N–H and O–H groups in total. The van der Waals surface area contributed by atoms with Crippen LogP contribution in [-0.4, -0.2) is 24.9 Å². The van der Waals surface area contributed by atoms with Gasteiger partial charge in [-0.1, -0.05) is 203 Å². The fraction of sp³-hybridized carbons (Fsp3) is 0.0682. The van der Waals surface area contributed by atoms with Gasteiger partial charge in [0.15, 0.2) is 0 Å². The second-order valence-electron chi connectivity index (χ2n) is 25.4. The largest absolute Gasteiger partial charge is 0.354 e. The van der Waals surface area contributed by atoms with Gasteiger partial charge in [-0.05, 0) is 183 Å². The summed E-state index contributed by atoms with van der Waals surface area (Å²) in [5.41, 5.74) is 33.7. The zero-order valence-corrected chi connectivity index (χ0v) is 56.4. The van der Waals surface area contributed by atoms with E-state index in [1.807, 2.05) is 0 Å². The number of aromatic amines is 1. The fourth-order valence-electron chi connectivity index (χ4n) is 13.6. The van der Waals surface area contributed by atoms with E-state index in [4.69, 9.17) is 19.9 Å². The fourth-order valence-corrected chi connectivity index (χ4v) is 17.0. The predicted molar refractivity (Wildman–Crippen MR) is 414 cm³/mol. The van der Waals surface area contributed by atoms with Crippen molar-refractivity contribution in [1.29, 1.82) is 0 Å². The van der Waals surface area contributed by atoms with Gasteiger partial charge in [0.05, 0.1) is 45.6 Å². The highest BCUT2D eigenvalue weighted by molar-refractivity contribution is 7.25. The summed E-state index contributed by atoms with van der Waals surface area (Å²) in [6, 6.07) is 80.4. The Balaban J connectivity index is 0.924. The Bertz CT molecular complexity index is 5370. The Kier molecular flexibility index (Phi) is 14.8. The van der Waals surface area contributed by atoms with Crippen LogP contribution >= 0.6 is 34.0 Å². The van der Waals surface area contributed by atoms with E-state index in [2.05, 4.69) is 314 Å². The van der Waals surface area contributed by atoms with Crippen molar-refractivity contribution in [3.05, 3.63) is 297 Å². The SMILES string of the molecule is Cc1ccc(-c2c3nc(c(-c4ccc(C)cc4)c4ccc(s4)c(-c4ccc(-c5c6nc(c(-c7ccc(C)cc7)c7ccc(s7)c(-c7ccc(C)cc7)c7nc(c(-c8ccc(C)cc8)c8ccc5s8)C=C7)C=C6)cc4)c4nc(c(-c5ccc(C)cc5)c5ccc2[nH]5)C=C4)C=C3)cc1. The van der Waals surface area contributed by atoms with Crippen LogP contribution in [0.4, 0.5) is 0 Å². The molecule has 0 saturated carbocycles. The first-order valence-corrected chi connectivity index (χ1v) is 35.0. The lowest BCUT2D eigenvalue weighted by Gasteiger charge is -2.09. The average molecular weight is 1290 g/mol. The molecular formula is C88H63N5S3. The predicted octanol–water partition coefficient (Wildman–Crippen LogP) is 25.0. The molecule has 0 aliphatic carbocycles. The number of nitrogens with zero attached hydrogens (tertiary/aromatic N) is 4. The number of aromatic nitrogens is 5. The third-order valence-corrected chi connectivity index (χ3v) is 22.0. The quantitative estimate of drug-likeness (QED) is 0.165. The van der Waals surface area contributed by atoms with Crippen LogP contribution in [0.2, 0.25) is 0 Å². The van der Waals surface area contributed by atoms with Crippen LogP contribution in [-0.2, 0) is 0 Å². The molecule has 13 aromatic rings. The van der Waals surface area contributed by atoms with Crippen molar-refractivity contribution in [3.63, 3.8) is 0 Å². The van der Waals surface area contributed by atoms with Crippen LogP contribution in [0.15, 0.2) is 218 Å². The first-order chi connectivity index (χ1) is 47.0. The van der Waals surface area contributed by atoms with Crippen LogP contribution in [0.5, 0.6) is 0 Å². The lowest BCUT2D eigenvalue weighted by atomic mass is 9.99. The number of rotatable bonds is 8. The van der Waals surface area contributed by atoms with E-state index >= 15 is 0 Å². The molecule has 10 heterocycles. The Morgan fingerprint density at radius 3 is 0.531 bits per heavy atom. The number of benzene rings is 7. The minimum absolute atomic E-state index is 0.881. The third kappa shape index (κ3) is 10.8. The highest BCUT2D eigenvalue weighted by Gasteiger charge is 2.23. The molecule has 0 spiro atoms. The summed E-state index contributed by atoms with van der Waals surface area (Å²) in [6.45, 7) is 12.9. The van der Waals surface area contributed by atoms with Gasteiger partial charge in [-0.2, -0.15) is 0 Å². The number of aryl methyl sites for hydroxylation is 6. The Morgan fingerprint density at radius 1 is 0.188 bits per heavy atom. The summed E-state index contributed by atoms with van der Waals surface area (Å²) in [6.07, 6.45) is 17.6. The Hall–Kier alpha value is -11.0. The van der Waals surface area contributed by atoms with Gasteiger partial charge in [0, 0.05) is 83.7 Å². The normalized spacial score (nSPS) is 12.3. The van der Waals surface area contributed by atoms with Crippen LogP contribution in [0.25, 0.3) is 177 Å². The van der Waals surface area contributed by atoms with E-state index in [9.17, 15) is 0 Å². The monoisotopic (exact) mass is 1290 g/mol. The molecule has 0 unspecified atom stereocenters. The maximum absolute atomic E-state index is 5.74. The summed E-state index contributed by atoms with van der Waals surface area (Å²) < 4.78 is 6.73. The zero-order chi connectivity index (χ0) is 64.7. The smallest absolute Gasteiger partial charge is 0.0737 e. The summed E-state index contributed by atoms with van der Waals surface area (Å²) >= 11 is 5.37. The zero-order valence-electron chi connectivity index (χ0n) is 53.9. The molecule has 4 aliphatic rings. The van der Waals surface area contributed by atoms with E-state index in [1.165, 1.54) is 33.4 Å². The van der Waals surface area contributed by atoms with Crippen molar-refractivity contribution in [2.45, 2.75) is 41.5 Å². The molecule has 0 saturated heterocycles. The van der Waals surface area contributed by atoms with Crippen LogP contribution in [0.1, 0.15) is 78.9 Å². The van der Waals surface area contributed by atoms with Crippen molar-refractivity contribution in [2.24, 2.45) is 0 Å². The van der Waals surface area contributed by atoms with E-state index in [0.717, 1.165) is 174 Å². The summed E-state index contributed by atoms with van der Waals surface area (Å²) in [5.74, 6) is 0. The molecule has 6 aromatic heterocycles. The van der Waals surface area contributed by atoms with Gasteiger partial charge >= 0.3 is 0 Å². The topological polar surface area (TPSA) is 67.3 Å². The van der Waals surface area contributed by atoms with Crippen molar-refractivity contribution in [3.8, 4) is 89.0 Å². The molecular weight excluding hydrogens is 1220 g/mol. The van der Waals surface area contributed by atoms with Gasteiger partial charge in [-0.15, -0.1) is 34.0 Å². The average Bonchev–Trinajstić information content (AvgIpc) is 1.63. The minimum atomic E-state index is 0.881. The summed E-state index contributed by atoms with van der Waals surface area (Å²) in [5, 5.41) is 0. The number of fused-ring (bicyclic) bond motifs is 16. The number of nitrogens with one attached hydrogen (secondary N) is 1. The number of H-pyrrole nitrogens is 1. The van der Waals surface area contributed by atoms with Crippen LogP contribution in [0.3, 0.4) is 0 Å².